The number of hydrogen-bond acceptors (Lipinski definition) is 1. The Hall–Kier alpha value is -1.22. The molecule has 0 aliphatic rings. The van der Waals surface area contributed by atoms with Crippen molar-refractivity contribution in [3.8, 4) is 0 Å². The zero-order chi connectivity index (χ0) is 12.8. The van der Waals surface area contributed by atoms with E-state index in [-0.39, 0.29) is 5.92 Å². The molecule has 0 amide bonds. The minimum absolute atomic E-state index is 0.276. The summed E-state index contributed by atoms with van der Waals surface area (Å²) in [6.45, 7) is 4.71. The number of unbranched alkanes of at least 4 members (excludes halogenated alkanes) is 1. The van der Waals surface area contributed by atoms with E-state index in [1.54, 1.807) is 6.07 Å². The Balaban J connectivity index is 2.97. The fourth-order valence-corrected chi connectivity index (χ4v) is 1.74. The third kappa shape index (κ3) is 3.93. The van der Waals surface area contributed by atoms with Crippen LogP contribution in [0.25, 0.3) is 5.57 Å². The van der Waals surface area contributed by atoms with Crippen LogP contribution < -0.4 is 5.73 Å². The highest BCUT2D eigenvalue weighted by Crippen LogP contribution is 2.25. The molecule has 0 saturated heterocycles. The monoisotopic (exact) mass is 239 g/mol. The summed E-state index contributed by atoms with van der Waals surface area (Å²) >= 11 is 0. The molecule has 0 unspecified atom stereocenters. The number of hydrogen-bond donors (Lipinski definition) is 1. The van der Waals surface area contributed by atoms with E-state index in [2.05, 4.69) is 6.08 Å². The molecule has 3 heteroatoms. The van der Waals surface area contributed by atoms with Gasteiger partial charge in [0.25, 0.3) is 0 Å². The molecule has 0 aliphatic heterocycles. The second-order valence-corrected chi connectivity index (χ2v) is 4.37. The Morgan fingerprint density at radius 1 is 1.29 bits per heavy atom. The molecule has 0 bridgehead atoms. The lowest BCUT2D eigenvalue weighted by atomic mass is 9.94. The first-order valence-corrected chi connectivity index (χ1v) is 5.91. The minimum atomic E-state index is -0.807. The van der Waals surface area contributed by atoms with Gasteiger partial charge >= 0.3 is 0 Å². The van der Waals surface area contributed by atoms with Gasteiger partial charge in [-0.2, -0.15) is 0 Å². The number of rotatable bonds is 5. The van der Waals surface area contributed by atoms with Gasteiger partial charge in [0.15, 0.2) is 11.6 Å². The summed E-state index contributed by atoms with van der Waals surface area (Å²) in [5.74, 6) is -1.33. The predicted octanol–water partition coefficient (Wildman–Crippen LogP) is 3.74. The molecule has 0 heterocycles. The molecule has 1 rings (SSSR count). The molecule has 17 heavy (non-hydrogen) atoms. The zero-order valence-corrected chi connectivity index (χ0v) is 10.3. The predicted molar refractivity (Wildman–Crippen MR) is 67.5 cm³/mol. The summed E-state index contributed by atoms with van der Waals surface area (Å²) in [7, 11) is 0. The fourth-order valence-electron chi connectivity index (χ4n) is 1.74. The van der Waals surface area contributed by atoms with Crippen LogP contribution in [0, 0.1) is 17.6 Å². The molecule has 94 valence electrons. The maximum absolute atomic E-state index is 13.2. The zero-order valence-electron chi connectivity index (χ0n) is 10.3. The van der Waals surface area contributed by atoms with Crippen LogP contribution in [-0.4, -0.2) is 6.54 Å². The molecular formula is C14H19F2N. The highest BCUT2D eigenvalue weighted by molar-refractivity contribution is 5.66. The van der Waals surface area contributed by atoms with Crippen LogP contribution in [-0.2, 0) is 0 Å². The van der Waals surface area contributed by atoms with Crippen molar-refractivity contribution in [1.29, 1.82) is 0 Å². The van der Waals surface area contributed by atoms with Crippen molar-refractivity contribution in [2.45, 2.75) is 26.7 Å². The summed E-state index contributed by atoms with van der Waals surface area (Å²) in [4.78, 5) is 0. The Kier molecular flexibility index (Phi) is 5.29. The number of halogens is 2. The quantitative estimate of drug-likeness (QED) is 0.778. The van der Waals surface area contributed by atoms with Crippen LogP contribution in [0.2, 0.25) is 0 Å². The average Bonchev–Trinajstić information content (AvgIpc) is 2.28. The van der Waals surface area contributed by atoms with Gasteiger partial charge in [-0.05, 0) is 48.6 Å². The van der Waals surface area contributed by atoms with Gasteiger partial charge < -0.3 is 5.73 Å². The molecule has 0 radical (unpaired) electrons. The van der Waals surface area contributed by atoms with Crippen LogP contribution in [0.5, 0.6) is 0 Å². The van der Waals surface area contributed by atoms with Crippen molar-refractivity contribution in [2.75, 3.05) is 6.54 Å². The minimum Gasteiger partial charge on any atom is -0.330 e. The topological polar surface area (TPSA) is 26.0 Å². The second kappa shape index (κ2) is 6.50. The van der Waals surface area contributed by atoms with Gasteiger partial charge in [0, 0.05) is 0 Å². The molecule has 0 aromatic heterocycles. The third-order valence-electron chi connectivity index (χ3n) is 2.65. The van der Waals surface area contributed by atoms with Crippen molar-refractivity contribution >= 4 is 5.57 Å². The van der Waals surface area contributed by atoms with Gasteiger partial charge in [-0.3, -0.25) is 0 Å². The largest absolute Gasteiger partial charge is 0.330 e. The first kappa shape index (κ1) is 13.8. The van der Waals surface area contributed by atoms with Crippen molar-refractivity contribution in [3.05, 3.63) is 41.5 Å². The molecular weight excluding hydrogens is 220 g/mol. The summed E-state index contributed by atoms with van der Waals surface area (Å²) in [5, 5.41) is 0. The Bertz CT molecular complexity index is 397. The van der Waals surface area contributed by atoms with E-state index in [4.69, 9.17) is 5.73 Å². The lowest BCUT2D eigenvalue weighted by molar-refractivity contribution is 0.508. The van der Waals surface area contributed by atoms with Crippen LogP contribution in [0.15, 0.2) is 24.3 Å². The summed E-state index contributed by atoms with van der Waals surface area (Å²) < 4.78 is 26.0. The second-order valence-electron chi connectivity index (χ2n) is 4.37. The summed E-state index contributed by atoms with van der Waals surface area (Å²) in [5.41, 5.74) is 7.22. The highest BCUT2D eigenvalue weighted by atomic mass is 19.2. The lowest BCUT2D eigenvalue weighted by Crippen LogP contribution is -1.99. The molecule has 0 saturated carbocycles. The van der Waals surface area contributed by atoms with E-state index in [0.29, 0.717) is 6.54 Å². The Morgan fingerprint density at radius 3 is 2.53 bits per heavy atom. The van der Waals surface area contributed by atoms with Crippen LogP contribution in [0.1, 0.15) is 32.3 Å². The van der Waals surface area contributed by atoms with Gasteiger partial charge in [0.2, 0.25) is 0 Å². The molecule has 2 N–H and O–H groups in total. The van der Waals surface area contributed by atoms with Gasteiger partial charge in [-0.25, -0.2) is 8.78 Å². The van der Waals surface area contributed by atoms with Crippen molar-refractivity contribution < 1.29 is 8.78 Å². The maximum atomic E-state index is 13.2. The van der Waals surface area contributed by atoms with Crippen molar-refractivity contribution in [1.82, 2.24) is 0 Å². The molecule has 0 fully saturated rings. The number of allylic oxidation sites excluding steroid dienone is 2. The molecule has 1 aromatic rings. The van der Waals surface area contributed by atoms with Crippen LogP contribution in [0.3, 0.4) is 0 Å². The Morgan fingerprint density at radius 2 is 2.00 bits per heavy atom. The first-order chi connectivity index (χ1) is 8.06. The summed E-state index contributed by atoms with van der Waals surface area (Å²) in [6.07, 6.45) is 3.83. The lowest BCUT2D eigenvalue weighted by Gasteiger charge is -2.12. The molecule has 1 aromatic carbocycles. The first-order valence-electron chi connectivity index (χ1n) is 5.91. The Labute approximate surface area is 101 Å². The highest BCUT2D eigenvalue weighted by Gasteiger charge is 2.09. The van der Waals surface area contributed by atoms with Crippen LogP contribution in [0.4, 0.5) is 8.78 Å². The van der Waals surface area contributed by atoms with Gasteiger partial charge in [-0.15, -0.1) is 0 Å². The van der Waals surface area contributed by atoms with E-state index >= 15 is 0 Å². The van der Waals surface area contributed by atoms with E-state index < -0.39 is 11.6 Å². The molecule has 0 atom stereocenters. The van der Waals surface area contributed by atoms with E-state index in [1.165, 1.54) is 12.1 Å². The van der Waals surface area contributed by atoms with E-state index in [1.807, 2.05) is 13.8 Å². The smallest absolute Gasteiger partial charge is 0.159 e. The SMILES string of the molecule is CC(C)/C(=C\CCCN)c1ccc(F)c(F)c1. The van der Waals surface area contributed by atoms with Gasteiger partial charge in [0.1, 0.15) is 0 Å². The van der Waals surface area contributed by atoms with Crippen LogP contribution >= 0.6 is 0 Å². The number of benzene rings is 1. The molecule has 1 nitrogen and oxygen atoms in total. The average molecular weight is 239 g/mol. The number of nitrogens with two attached hydrogens (primary N) is 1. The summed E-state index contributed by atoms with van der Waals surface area (Å²) in [6, 6.07) is 4.04. The normalized spacial score (nSPS) is 12.2. The molecule has 0 aliphatic carbocycles. The van der Waals surface area contributed by atoms with E-state index in [9.17, 15) is 8.78 Å². The van der Waals surface area contributed by atoms with Crippen molar-refractivity contribution in [2.24, 2.45) is 11.7 Å². The molecule has 0 spiro atoms. The van der Waals surface area contributed by atoms with Crippen molar-refractivity contribution in [3.63, 3.8) is 0 Å². The fraction of sp³-hybridized carbons (Fsp3) is 0.429. The standard InChI is InChI=1S/C14H19F2N/c1-10(2)12(5-3-4-8-17)11-6-7-13(15)14(16)9-11/h5-7,9-10H,3-4,8,17H2,1-2H3/b12-5+. The van der Waals surface area contributed by atoms with Gasteiger partial charge in [0.05, 0.1) is 0 Å². The van der Waals surface area contributed by atoms with E-state index in [0.717, 1.165) is 24.0 Å². The maximum Gasteiger partial charge on any atom is 0.159 e. The third-order valence-corrected chi connectivity index (χ3v) is 2.65. The van der Waals surface area contributed by atoms with Gasteiger partial charge in [-0.1, -0.05) is 26.0 Å².